The number of hydrogen-bond acceptors (Lipinski definition) is 7. The topological polar surface area (TPSA) is 87.5 Å². The fourth-order valence-electron chi connectivity index (χ4n) is 5.62. The Balaban J connectivity index is 1.22. The van der Waals surface area contributed by atoms with Crippen molar-refractivity contribution >= 4 is 27.0 Å². The number of Topliss-reactive ketones (excluding diaryl/α,β-unsaturated/α-hetero) is 1. The summed E-state index contributed by atoms with van der Waals surface area (Å²) in [6.45, 7) is 7.00. The van der Waals surface area contributed by atoms with E-state index in [1.165, 1.54) is 16.0 Å². The van der Waals surface area contributed by atoms with Crippen LogP contribution in [0.15, 0.2) is 53.4 Å². The van der Waals surface area contributed by atoms with Gasteiger partial charge in [-0.2, -0.15) is 5.26 Å². The summed E-state index contributed by atoms with van der Waals surface area (Å²) in [4.78, 5) is 17.9. The number of fused-ring (bicyclic) bond motifs is 2. The van der Waals surface area contributed by atoms with Crippen molar-refractivity contribution in [1.82, 2.24) is 4.90 Å². The molecule has 1 aromatic heterocycles. The second-order valence-corrected chi connectivity index (χ2v) is 13.9. The summed E-state index contributed by atoms with van der Waals surface area (Å²) < 4.78 is 30.5. The summed E-state index contributed by atoms with van der Waals surface area (Å²) in [5, 5.41) is 9.20. The number of aryl methyl sites for hydroxylation is 2. The molecular formula is C31H34N2O4S2. The summed E-state index contributed by atoms with van der Waals surface area (Å²) >= 11 is 1.60. The summed E-state index contributed by atoms with van der Waals surface area (Å²) in [5.41, 5.74) is 4.86. The molecule has 204 valence electrons. The van der Waals surface area contributed by atoms with Crippen LogP contribution in [-0.2, 0) is 39.6 Å². The Morgan fingerprint density at radius 2 is 1.82 bits per heavy atom. The molecule has 8 heteroatoms. The fraction of sp³-hybridized carbons (Fsp3) is 0.419. The lowest BCUT2D eigenvalue weighted by Crippen LogP contribution is -2.45. The Bertz CT molecular complexity index is 1510. The largest absolute Gasteiger partial charge is 0.369 e. The lowest BCUT2D eigenvalue weighted by molar-refractivity contribution is -0.0960. The molecular weight excluding hydrogens is 528 g/mol. The van der Waals surface area contributed by atoms with Gasteiger partial charge >= 0.3 is 0 Å². The molecule has 39 heavy (non-hydrogen) atoms. The highest BCUT2D eigenvalue weighted by molar-refractivity contribution is 7.91. The number of rotatable bonds is 8. The van der Waals surface area contributed by atoms with Crippen molar-refractivity contribution in [2.75, 3.05) is 25.4 Å². The van der Waals surface area contributed by atoms with Gasteiger partial charge in [0.05, 0.1) is 33.8 Å². The van der Waals surface area contributed by atoms with Gasteiger partial charge in [0.15, 0.2) is 15.6 Å². The maximum Gasteiger partial charge on any atom is 0.178 e. The van der Waals surface area contributed by atoms with Crippen LogP contribution in [0, 0.1) is 18.3 Å². The fourth-order valence-corrected chi connectivity index (χ4v) is 7.88. The normalized spacial score (nSPS) is 17.1. The zero-order valence-electron chi connectivity index (χ0n) is 22.5. The molecule has 0 bridgehead atoms. The second-order valence-electron chi connectivity index (χ2n) is 10.6. The van der Waals surface area contributed by atoms with Crippen LogP contribution in [0.4, 0.5) is 0 Å². The summed E-state index contributed by atoms with van der Waals surface area (Å²) in [7, 11) is -3.22. The molecule has 0 amide bonds. The van der Waals surface area contributed by atoms with E-state index in [1.807, 2.05) is 31.2 Å². The van der Waals surface area contributed by atoms with Crippen molar-refractivity contribution in [2.24, 2.45) is 0 Å². The Kier molecular flexibility index (Phi) is 8.06. The average molecular weight is 563 g/mol. The predicted octanol–water partition coefficient (Wildman–Crippen LogP) is 5.60. The van der Waals surface area contributed by atoms with E-state index in [0.29, 0.717) is 24.3 Å². The van der Waals surface area contributed by atoms with Gasteiger partial charge in [0.25, 0.3) is 0 Å². The van der Waals surface area contributed by atoms with Crippen molar-refractivity contribution < 1.29 is 17.9 Å². The second kappa shape index (κ2) is 11.3. The van der Waals surface area contributed by atoms with Crippen molar-refractivity contribution in [2.45, 2.75) is 63.0 Å². The van der Waals surface area contributed by atoms with Crippen LogP contribution in [0.2, 0.25) is 0 Å². The number of nitriles is 1. The number of likely N-dealkylation sites (tertiary alicyclic amines) is 1. The molecule has 0 N–H and O–H groups in total. The van der Waals surface area contributed by atoms with Crippen LogP contribution in [0.25, 0.3) is 0 Å². The molecule has 1 saturated heterocycles. The first kappa shape index (κ1) is 27.7. The van der Waals surface area contributed by atoms with E-state index in [-0.39, 0.29) is 17.1 Å². The third-order valence-corrected chi connectivity index (χ3v) is 11.2. The number of ether oxygens (including phenoxy) is 1. The zero-order chi connectivity index (χ0) is 27.6. The molecule has 0 unspecified atom stereocenters. The Morgan fingerprint density at radius 1 is 1.10 bits per heavy atom. The van der Waals surface area contributed by atoms with E-state index >= 15 is 0 Å². The molecule has 0 saturated carbocycles. The number of hydrogen-bond donors (Lipinski definition) is 0. The molecule has 0 atom stereocenters. The van der Waals surface area contributed by atoms with E-state index in [4.69, 9.17) is 4.74 Å². The lowest BCUT2D eigenvalue weighted by Gasteiger charge is -2.43. The minimum atomic E-state index is -3.22. The quantitative estimate of drug-likeness (QED) is 0.332. The van der Waals surface area contributed by atoms with Crippen LogP contribution in [0.1, 0.15) is 68.6 Å². The molecule has 5 rings (SSSR count). The Hall–Kier alpha value is -2.83. The number of sulfone groups is 1. The first-order chi connectivity index (χ1) is 18.7. The van der Waals surface area contributed by atoms with Crippen molar-refractivity contribution in [3.8, 4) is 6.07 Å². The molecule has 2 aliphatic rings. The maximum absolute atomic E-state index is 13.2. The SMILES string of the molecule is CCS(=O)(=O)c1ccc(CCC(=O)c2cc3c(s2)C2(CCN(Cc4ccc(C#N)c(C)c4)CC2)OCC3)cc1. The third kappa shape index (κ3) is 5.87. The molecule has 2 aliphatic heterocycles. The molecule has 2 aromatic carbocycles. The Labute approximate surface area is 235 Å². The highest BCUT2D eigenvalue weighted by atomic mass is 32.2. The van der Waals surface area contributed by atoms with Crippen molar-refractivity contribution in [3.63, 3.8) is 0 Å². The number of piperidine rings is 1. The molecule has 1 spiro atoms. The summed E-state index contributed by atoms with van der Waals surface area (Å²) in [6, 6.07) is 17.3. The van der Waals surface area contributed by atoms with Crippen LogP contribution < -0.4 is 0 Å². The highest BCUT2D eigenvalue weighted by Crippen LogP contribution is 2.46. The third-order valence-electron chi connectivity index (χ3n) is 8.03. The summed E-state index contributed by atoms with van der Waals surface area (Å²) in [6.07, 6.45) is 3.61. The van der Waals surface area contributed by atoms with Gasteiger partial charge in [-0.3, -0.25) is 9.69 Å². The van der Waals surface area contributed by atoms with Gasteiger partial charge in [-0.1, -0.05) is 31.2 Å². The average Bonchev–Trinajstić information content (AvgIpc) is 3.40. The van der Waals surface area contributed by atoms with Crippen LogP contribution in [-0.4, -0.2) is 44.6 Å². The molecule has 6 nitrogen and oxygen atoms in total. The van der Waals surface area contributed by atoms with Gasteiger partial charge < -0.3 is 4.74 Å². The molecule has 0 aliphatic carbocycles. The predicted molar refractivity (Wildman–Crippen MR) is 153 cm³/mol. The van der Waals surface area contributed by atoms with Gasteiger partial charge in [-0.05, 0) is 79.1 Å². The Morgan fingerprint density at radius 3 is 2.49 bits per heavy atom. The number of thiophene rings is 1. The van der Waals surface area contributed by atoms with E-state index < -0.39 is 9.84 Å². The lowest BCUT2D eigenvalue weighted by atomic mass is 9.85. The zero-order valence-corrected chi connectivity index (χ0v) is 24.2. The van der Waals surface area contributed by atoms with Gasteiger partial charge in [-0.25, -0.2) is 8.42 Å². The molecule has 0 radical (unpaired) electrons. The van der Waals surface area contributed by atoms with E-state index in [1.54, 1.807) is 30.4 Å². The monoisotopic (exact) mass is 562 g/mol. The minimum Gasteiger partial charge on any atom is -0.369 e. The first-order valence-corrected chi connectivity index (χ1v) is 16.0. The van der Waals surface area contributed by atoms with E-state index in [2.05, 4.69) is 23.1 Å². The van der Waals surface area contributed by atoms with Gasteiger partial charge in [0, 0.05) is 30.9 Å². The smallest absolute Gasteiger partial charge is 0.178 e. The number of nitrogens with zero attached hydrogens (tertiary/aromatic N) is 2. The molecule has 3 heterocycles. The van der Waals surface area contributed by atoms with Crippen molar-refractivity contribution in [3.05, 3.63) is 86.1 Å². The number of carbonyl (C=O) groups excluding carboxylic acids is 1. The highest BCUT2D eigenvalue weighted by Gasteiger charge is 2.42. The molecule has 1 fully saturated rings. The number of benzene rings is 2. The van der Waals surface area contributed by atoms with Gasteiger partial charge in [0.2, 0.25) is 0 Å². The van der Waals surface area contributed by atoms with Gasteiger partial charge in [-0.15, -0.1) is 11.3 Å². The number of carbonyl (C=O) groups is 1. The summed E-state index contributed by atoms with van der Waals surface area (Å²) in [5.74, 6) is 0.205. The number of ketones is 1. The van der Waals surface area contributed by atoms with Crippen molar-refractivity contribution in [1.29, 1.82) is 5.26 Å². The van der Waals surface area contributed by atoms with Crippen LogP contribution >= 0.6 is 11.3 Å². The first-order valence-electron chi connectivity index (χ1n) is 13.6. The standard InChI is InChI=1S/C31H34N2O4S2/c1-3-39(35,36)27-9-5-23(6-10-27)7-11-28(34)29-19-25-12-17-37-31(30(25)38-29)13-15-33(16-14-31)21-24-4-8-26(20-32)22(2)18-24/h4-6,8-10,18-19H,3,7,11-17,21H2,1-2H3. The maximum atomic E-state index is 13.2. The van der Waals surface area contributed by atoms with Crippen LogP contribution in [0.3, 0.4) is 0 Å². The molecule has 3 aromatic rings. The van der Waals surface area contributed by atoms with E-state index in [0.717, 1.165) is 60.5 Å². The van der Waals surface area contributed by atoms with Gasteiger partial charge in [0.1, 0.15) is 5.60 Å². The van der Waals surface area contributed by atoms with Crippen LogP contribution in [0.5, 0.6) is 0 Å². The van der Waals surface area contributed by atoms with E-state index in [9.17, 15) is 18.5 Å². The minimum absolute atomic E-state index is 0.0773.